The van der Waals surface area contributed by atoms with Crippen LogP contribution in [0.25, 0.3) is 21.8 Å². The van der Waals surface area contributed by atoms with Crippen molar-refractivity contribution in [2.75, 3.05) is 27.2 Å². The van der Waals surface area contributed by atoms with Crippen LogP contribution in [0.15, 0.2) is 48.5 Å². The summed E-state index contributed by atoms with van der Waals surface area (Å²) in [7, 11) is 3.99. The largest absolute Gasteiger partial charge is 0.336 e. The number of fused-ring (bicyclic) bond motifs is 3. The van der Waals surface area contributed by atoms with E-state index in [1.54, 1.807) is 4.57 Å². The van der Waals surface area contributed by atoms with Crippen molar-refractivity contribution in [3.63, 3.8) is 0 Å². The van der Waals surface area contributed by atoms with Gasteiger partial charge in [-0.15, -0.1) is 12.4 Å². The van der Waals surface area contributed by atoms with Gasteiger partial charge in [0.15, 0.2) is 0 Å². The molecule has 1 heterocycles. The van der Waals surface area contributed by atoms with Gasteiger partial charge in [-0.05, 0) is 26.2 Å². The number of halogens is 1. The quantitative estimate of drug-likeness (QED) is 0.804. The Balaban J connectivity index is 0.00000176. The Hall–Kier alpha value is -2.04. The summed E-state index contributed by atoms with van der Waals surface area (Å²) >= 11 is 0. The SMILES string of the molecule is CN(C)CCNC(=O)n1c2ccccc2c2ccccc21.Cl. The second-order valence-corrected chi connectivity index (χ2v) is 5.40. The van der Waals surface area contributed by atoms with E-state index in [-0.39, 0.29) is 18.4 Å². The number of rotatable bonds is 3. The number of likely N-dealkylation sites (N-methyl/N-ethyl adjacent to an activating group) is 1. The lowest BCUT2D eigenvalue weighted by molar-refractivity contribution is 0.242. The number of amides is 1. The van der Waals surface area contributed by atoms with Gasteiger partial charge in [0.05, 0.1) is 11.0 Å². The van der Waals surface area contributed by atoms with Gasteiger partial charge in [0.25, 0.3) is 0 Å². The van der Waals surface area contributed by atoms with E-state index >= 15 is 0 Å². The molecule has 0 radical (unpaired) electrons. The second-order valence-electron chi connectivity index (χ2n) is 5.40. The van der Waals surface area contributed by atoms with Crippen LogP contribution in [0, 0.1) is 0 Å². The average Bonchev–Trinajstić information content (AvgIpc) is 2.81. The summed E-state index contributed by atoms with van der Waals surface area (Å²) in [4.78, 5) is 14.6. The molecule has 0 saturated heterocycles. The Kier molecular flexibility index (Phi) is 5.06. The van der Waals surface area contributed by atoms with Crippen molar-refractivity contribution in [1.82, 2.24) is 14.8 Å². The first kappa shape index (κ1) is 16.3. The van der Waals surface area contributed by atoms with E-state index in [1.807, 2.05) is 55.4 Å². The average molecular weight is 318 g/mol. The third-order valence-electron chi connectivity index (χ3n) is 3.62. The van der Waals surface area contributed by atoms with Gasteiger partial charge in [0, 0.05) is 23.9 Å². The minimum atomic E-state index is -0.0748. The van der Waals surface area contributed by atoms with E-state index < -0.39 is 0 Å². The molecule has 0 aliphatic carbocycles. The standard InChI is InChI=1S/C17H19N3O.ClH/c1-19(2)12-11-18-17(21)20-15-9-5-3-7-13(15)14-8-4-6-10-16(14)20;/h3-10H,11-12H2,1-2H3,(H,18,21);1H. The lowest BCUT2D eigenvalue weighted by Crippen LogP contribution is -2.34. The summed E-state index contributed by atoms with van der Waals surface area (Å²) in [6.45, 7) is 1.45. The molecule has 0 aliphatic heterocycles. The van der Waals surface area contributed by atoms with E-state index in [1.165, 1.54) is 0 Å². The molecular weight excluding hydrogens is 298 g/mol. The van der Waals surface area contributed by atoms with Crippen LogP contribution in [0.5, 0.6) is 0 Å². The van der Waals surface area contributed by atoms with Gasteiger partial charge >= 0.3 is 6.03 Å². The van der Waals surface area contributed by atoms with Gasteiger partial charge in [-0.1, -0.05) is 36.4 Å². The van der Waals surface area contributed by atoms with Gasteiger partial charge in [-0.2, -0.15) is 0 Å². The van der Waals surface area contributed by atoms with E-state index in [2.05, 4.69) is 17.4 Å². The lowest BCUT2D eigenvalue weighted by Gasteiger charge is -2.12. The molecule has 4 nitrogen and oxygen atoms in total. The summed E-state index contributed by atoms with van der Waals surface area (Å²) < 4.78 is 1.76. The van der Waals surface area contributed by atoms with Crippen molar-refractivity contribution in [2.24, 2.45) is 0 Å². The zero-order valence-corrected chi connectivity index (χ0v) is 13.6. The summed E-state index contributed by atoms with van der Waals surface area (Å²) in [5.41, 5.74) is 1.89. The summed E-state index contributed by atoms with van der Waals surface area (Å²) in [5, 5.41) is 5.20. The summed E-state index contributed by atoms with van der Waals surface area (Å²) in [6.07, 6.45) is 0. The molecular formula is C17H20ClN3O. The number of hydrogen-bond donors (Lipinski definition) is 1. The van der Waals surface area contributed by atoms with E-state index in [0.717, 1.165) is 28.4 Å². The highest BCUT2D eigenvalue weighted by atomic mass is 35.5. The van der Waals surface area contributed by atoms with Gasteiger partial charge in [0.2, 0.25) is 0 Å². The molecule has 116 valence electrons. The Bertz CT molecular complexity index is 742. The third-order valence-corrected chi connectivity index (χ3v) is 3.62. The van der Waals surface area contributed by atoms with Crippen LogP contribution in [0.1, 0.15) is 0 Å². The number of benzene rings is 2. The molecule has 22 heavy (non-hydrogen) atoms. The van der Waals surface area contributed by atoms with Crippen LogP contribution < -0.4 is 5.32 Å². The molecule has 0 saturated carbocycles. The number of carbonyl (C=O) groups excluding carboxylic acids is 1. The maximum atomic E-state index is 12.5. The van der Waals surface area contributed by atoms with Gasteiger partial charge in [-0.3, -0.25) is 4.57 Å². The van der Waals surface area contributed by atoms with Crippen molar-refractivity contribution in [3.05, 3.63) is 48.5 Å². The normalized spacial score (nSPS) is 10.9. The monoisotopic (exact) mass is 317 g/mol. The van der Waals surface area contributed by atoms with Crippen molar-refractivity contribution < 1.29 is 4.79 Å². The molecule has 0 aliphatic rings. The first-order valence-electron chi connectivity index (χ1n) is 7.09. The highest BCUT2D eigenvalue weighted by Crippen LogP contribution is 2.28. The van der Waals surface area contributed by atoms with Crippen molar-refractivity contribution in [1.29, 1.82) is 0 Å². The summed E-state index contributed by atoms with van der Waals surface area (Å²) in [5.74, 6) is 0. The first-order valence-corrected chi connectivity index (χ1v) is 7.09. The Morgan fingerprint density at radius 3 is 2.00 bits per heavy atom. The molecule has 0 spiro atoms. The maximum Gasteiger partial charge on any atom is 0.326 e. The van der Waals surface area contributed by atoms with Crippen molar-refractivity contribution in [3.8, 4) is 0 Å². The Labute approximate surface area is 136 Å². The Morgan fingerprint density at radius 2 is 1.50 bits per heavy atom. The third kappa shape index (κ3) is 2.93. The van der Waals surface area contributed by atoms with Crippen LogP contribution in [0.2, 0.25) is 0 Å². The van der Waals surface area contributed by atoms with Crippen LogP contribution in [-0.4, -0.2) is 42.7 Å². The smallest absolute Gasteiger partial charge is 0.326 e. The van der Waals surface area contributed by atoms with Crippen molar-refractivity contribution in [2.45, 2.75) is 0 Å². The maximum absolute atomic E-state index is 12.5. The summed E-state index contributed by atoms with van der Waals surface area (Å²) in [6, 6.07) is 15.9. The number of hydrogen-bond acceptors (Lipinski definition) is 2. The number of para-hydroxylation sites is 2. The van der Waals surface area contributed by atoms with E-state index in [0.29, 0.717) is 6.54 Å². The highest BCUT2D eigenvalue weighted by Gasteiger charge is 2.14. The first-order chi connectivity index (χ1) is 10.2. The van der Waals surface area contributed by atoms with Crippen molar-refractivity contribution >= 4 is 40.2 Å². The molecule has 0 unspecified atom stereocenters. The Morgan fingerprint density at radius 1 is 1.00 bits per heavy atom. The lowest BCUT2D eigenvalue weighted by atomic mass is 10.2. The molecule has 3 rings (SSSR count). The van der Waals surface area contributed by atoms with Gasteiger partial charge < -0.3 is 10.2 Å². The fourth-order valence-corrected chi connectivity index (χ4v) is 2.61. The number of carbonyl (C=O) groups is 1. The highest BCUT2D eigenvalue weighted by molar-refractivity contribution is 6.13. The molecule has 0 atom stereocenters. The fraction of sp³-hybridized carbons (Fsp3) is 0.235. The minimum absolute atomic E-state index is 0. The molecule has 1 N–H and O–H groups in total. The number of aromatic nitrogens is 1. The molecule has 0 fully saturated rings. The number of nitrogens with one attached hydrogen (secondary N) is 1. The predicted molar refractivity (Wildman–Crippen MR) is 94.0 cm³/mol. The zero-order valence-electron chi connectivity index (χ0n) is 12.7. The zero-order chi connectivity index (χ0) is 14.8. The molecule has 5 heteroatoms. The molecule has 1 aromatic heterocycles. The second kappa shape index (κ2) is 6.81. The topological polar surface area (TPSA) is 37.3 Å². The molecule has 2 aromatic carbocycles. The molecule has 1 amide bonds. The molecule has 3 aromatic rings. The van der Waals surface area contributed by atoms with Crippen LogP contribution in [0.4, 0.5) is 4.79 Å². The predicted octanol–water partition coefficient (Wildman–Crippen LogP) is 3.34. The molecule has 0 bridgehead atoms. The number of nitrogens with zero attached hydrogens (tertiary/aromatic N) is 2. The minimum Gasteiger partial charge on any atom is -0.336 e. The van der Waals surface area contributed by atoms with Crippen LogP contribution >= 0.6 is 12.4 Å². The van der Waals surface area contributed by atoms with Gasteiger partial charge in [-0.25, -0.2) is 4.79 Å². The van der Waals surface area contributed by atoms with Crippen LogP contribution in [0.3, 0.4) is 0 Å². The van der Waals surface area contributed by atoms with E-state index in [9.17, 15) is 4.79 Å². The van der Waals surface area contributed by atoms with E-state index in [4.69, 9.17) is 0 Å². The fourth-order valence-electron chi connectivity index (χ4n) is 2.61. The van der Waals surface area contributed by atoms with Crippen LogP contribution in [-0.2, 0) is 0 Å². The van der Waals surface area contributed by atoms with Gasteiger partial charge in [0.1, 0.15) is 0 Å².